The van der Waals surface area contributed by atoms with Gasteiger partial charge in [-0.15, -0.1) is 0 Å². The van der Waals surface area contributed by atoms with Crippen molar-refractivity contribution in [1.29, 1.82) is 0 Å². The van der Waals surface area contributed by atoms with Gasteiger partial charge in [0.2, 0.25) is 0 Å². The molecular formula is C19H28O3. The van der Waals surface area contributed by atoms with E-state index in [0.29, 0.717) is 11.5 Å². The van der Waals surface area contributed by atoms with Gasteiger partial charge in [0.05, 0.1) is 6.61 Å². The second-order valence-electron chi connectivity index (χ2n) is 6.59. The minimum absolute atomic E-state index is 0.171. The molecule has 122 valence electrons. The van der Waals surface area contributed by atoms with E-state index in [2.05, 4.69) is 26.0 Å². The first-order valence-electron chi connectivity index (χ1n) is 8.09. The molecule has 0 saturated heterocycles. The van der Waals surface area contributed by atoms with Gasteiger partial charge >= 0.3 is 5.97 Å². The molecule has 0 N–H and O–H groups in total. The molecule has 0 aliphatic rings. The summed E-state index contributed by atoms with van der Waals surface area (Å²) in [6.07, 6.45) is 0. The third-order valence-corrected chi connectivity index (χ3v) is 3.82. The Morgan fingerprint density at radius 2 is 1.36 bits per heavy atom. The van der Waals surface area contributed by atoms with Crippen LogP contribution in [0.4, 0.5) is 0 Å². The molecule has 0 heterocycles. The number of hydrogen-bond acceptors (Lipinski definition) is 3. The third kappa shape index (κ3) is 3.96. The van der Waals surface area contributed by atoms with Crippen LogP contribution in [0.15, 0.2) is 12.1 Å². The fourth-order valence-electron chi connectivity index (χ4n) is 2.52. The van der Waals surface area contributed by atoms with E-state index in [4.69, 9.17) is 4.74 Å². The van der Waals surface area contributed by atoms with Crippen LogP contribution >= 0.6 is 0 Å². The van der Waals surface area contributed by atoms with Crippen molar-refractivity contribution in [3.05, 3.63) is 34.4 Å². The molecule has 0 amide bonds. The monoisotopic (exact) mass is 304 g/mol. The maximum absolute atomic E-state index is 12.6. The zero-order valence-corrected chi connectivity index (χ0v) is 14.8. The molecule has 1 rings (SSSR count). The van der Waals surface area contributed by atoms with Crippen molar-refractivity contribution in [3.63, 3.8) is 0 Å². The lowest BCUT2D eigenvalue weighted by atomic mass is 9.83. The van der Waals surface area contributed by atoms with Crippen LogP contribution in [0.5, 0.6) is 0 Å². The van der Waals surface area contributed by atoms with Crippen LogP contribution in [0.2, 0.25) is 0 Å². The third-order valence-electron chi connectivity index (χ3n) is 3.82. The first-order chi connectivity index (χ1) is 10.2. The Morgan fingerprint density at radius 1 is 0.909 bits per heavy atom. The molecule has 0 saturated carbocycles. The molecule has 0 atom stereocenters. The molecule has 0 unspecified atom stereocenters. The van der Waals surface area contributed by atoms with E-state index in [-0.39, 0.29) is 18.4 Å². The standard InChI is InChI=1S/C19H28O3/c1-8-22-19(21)18(20)17-15(12(4)5)9-14(11(2)3)10-16(17)13(6)7/h9-13H,8H2,1-7H3. The van der Waals surface area contributed by atoms with Gasteiger partial charge in [-0.3, -0.25) is 4.79 Å². The van der Waals surface area contributed by atoms with E-state index < -0.39 is 11.8 Å². The molecule has 0 aliphatic heterocycles. The molecule has 1 aromatic carbocycles. The second kappa shape index (κ2) is 7.57. The van der Waals surface area contributed by atoms with Gasteiger partial charge in [0, 0.05) is 5.56 Å². The average Bonchev–Trinajstić information content (AvgIpc) is 2.44. The highest BCUT2D eigenvalue weighted by Crippen LogP contribution is 2.32. The molecule has 0 spiro atoms. The predicted octanol–water partition coefficient (Wildman–Crippen LogP) is 4.80. The quantitative estimate of drug-likeness (QED) is 0.430. The summed E-state index contributed by atoms with van der Waals surface area (Å²) in [5.74, 6) is -0.566. The van der Waals surface area contributed by atoms with Crippen LogP contribution in [-0.4, -0.2) is 18.4 Å². The summed E-state index contributed by atoms with van der Waals surface area (Å²) < 4.78 is 4.92. The lowest BCUT2D eigenvalue weighted by molar-refractivity contribution is -0.137. The molecule has 0 fully saturated rings. The largest absolute Gasteiger partial charge is 0.460 e. The van der Waals surface area contributed by atoms with Gasteiger partial charge < -0.3 is 4.74 Å². The van der Waals surface area contributed by atoms with Crippen molar-refractivity contribution < 1.29 is 14.3 Å². The van der Waals surface area contributed by atoms with Crippen molar-refractivity contribution in [2.45, 2.75) is 66.2 Å². The van der Waals surface area contributed by atoms with Gasteiger partial charge in [-0.05, 0) is 41.4 Å². The van der Waals surface area contributed by atoms with Crippen LogP contribution in [0.25, 0.3) is 0 Å². The molecule has 0 radical (unpaired) electrons. The normalized spacial score (nSPS) is 11.4. The van der Waals surface area contributed by atoms with E-state index in [1.807, 2.05) is 27.7 Å². The minimum Gasteiger partial charge on any atom is -0.460 e. The van der Waals surface area contributed by atoms with Crippen molar-refractivity contribution in [2.24, 2.45) is 0 Å². The lowest BCUT2D eigenvalue weighted by Gasteiger charge is -2.21. The van der Waals surface area contributed by atoms with Crippen LogP contribution in [0.3, 0.4) is 0 Å². The van der Waals surface area contributed by atoms with Gasteiger partial charge in [0.1, 0.15) is 0 Å². The Labute approximate surface area is 134 Å². The van der Waals surface area contributed by atoms with Crippen molar-refractivity contribution in [3.8, 4) is 0 Å². The van der Waals surface area contributed by atoms with Gasteiger partial charge in [-0.2, -0.15) is 0 Å². The van der Waals surface area contributed by atoms with Crippen LogP contribution in [0, 0.1) is 0 Å². The molecular weight excluding hydrogens is 276 g/mol. The van der Waals surface area contributed by atoms with E-state index >= 15 is 0 Å². The summed E-state index contributed by atoms with van der Waals surface area (Å²) >= 11 is 0. The second-order valence-corrected chi connectivity index (χ2v) is 6.59. The number of Topliss-reactive ketones (excluding diaryl/α,β-unsaturated/α-hetero) is 1. The number of hydrogen-bond donors (Lipinski definition) is 0. The maximum Gasteiger partial charge on any atom is 0.379 e. The molecule has 0 aliphatic carbocycles. The van der Waals surface area contributed by atoms with Crippen molar-refractivity contribution in [1.82, 2.24) is 0 Å². The Bertz CT molecular complexity index is 525. The molecule has 0 bridgehead atoms. The Hall–Kier alpha value is -1.64. The predicted molar refractivity (Wildman–Crippen MR) is 89.7 cm³/mol. The number of ketones is 1. The fraction of sp³-hybridized carbons (Fsp3) is 0.579. The summed E-state index contributed by atoms with van der Waals surface area (Å²) in [5, 5.41) is 0. The van der Waals surface area contributed by atoms with Crippen LogP contribution in [0.1, 0.15) is 93.3 Å². The van der Waals surface area contributed by atoms with Crippen molar-refractivity contribution >= 4 is 11.8 Å². The Kier molecular flexibility index (Phi) is 6.34. The molecule has 1 aromatic rings. The first-order valence-corrected chi connectivity index (χ1v) is 8.09. The van der Waals surface area contributed by atoms with E-state index in [1.54, 1.807) is 6.92 Å². The Balaban J connectivity index is 3.58. The number of ether oxygens (including phenoxy) is 1. The minimum atomic E-state index is -0.761. The fourth-order valence-corrected chi connectivity index (χ4v) is 2.52. The molecule has 3 nitrogen and oxygen atoms in total. The number of benzene rings is 1. The van der Waals surface area contributed by atoms with Crippen LogP contribution in [-0.2, 0) is 9.53 Å². The summed E-state index contributed by atoms with van der Waals surface area (Å²) in [6, 6.07) is 4.13. The first kappa shape index (κ1) is 18.4. The average molecular weight is 304 g/mol. The molecule has 0 aromatic heterocycles. The summed E-state index contributed by atoms with van der Waals surface area (Å²) in [5.41, 5.74) is 3.61. The number of esters is 1. The topological polar surface area (TPSA) is 43.4 Å². The van der Waals surface area contributed by atoms with Gasteiger partial charge in [0.25, 0.3) is 5.78 Å². The van der Waals surface area contributed by atoms with E-state index in [9.17, 15) is 9.59 Å². The van der Waals surface area contributed by atoms with Gasteiger partial charge in [-0.25, -0.2) is 4.79 Å². The summed E-state index contributed by atoms with van der Waals surface area (Å²) in [4.78, 5) is 24.5. The SMILES string of the molecule is CCOC(=O)C(=O)c1c(C(C)C)cc(C(C)C)cc1C(C)C. The highest BCUT2D eigenvalue weighted by atomic mass is 16.5. The Morgan fingerprint density at radius 3 is 1.68 bits per heavy atom. The molecule has 3 heteroatoms. The number of carbonyl (C=O) groups excluding carboxylic acids is 2. The highest BCUT2D eigenvalue weighted by molar-refractivity contribution is 6.41. The van der Waals surface area contributed by atoms with E-state index in [1.165, 1.54) is 5.56 Å². The summed E-state index contributed by atoms with van der Waals surface area (Å²) in [6.45, 7) is 14.4. The lowest BCUT2D eigenvalue weighted by Crippen LogP contribution is -2.22. The zero-order valence-electron chi connectivity index (χ0n) is 14.8. The van der Waals surface area contributed by atoms with Crippen LogP contribution < -0.4 is 0 Å². The molecule has 22 heavy (non-hydrogen) atoms. The maximum atomic E-state index is 12.6. The summed E-state index contributed by atoms with van der Waals surface area (Å²) in [7, 11) is 0. The smallest absolute Gasteiger partial charge is 0.379 e. The zero-order chi connectivity index (χ0) is 17.0. The van der Waals surface area contributed by atoms with Gasteiger partial charge in [0.15, 0.2) is 0 Å². The number of rotatable bonds is 6. The highest BCUT2D eigenvalue weighted by Gasteiger charge is 2.27. The van der Waals surface area contributed by atoms with E-state index in [0.717, 1.165) is 11.1 Å². The number of carbonyl (C=O) groups is 2. The van der Waals surface area contributed by atoms with Gasteiger partial charge in [-0.1, -0.05) is 53.7 Å². The van der Waals surface area contributed by atoms with Crippen molar-refractivity contribution in [2.75, 3.05) is 6.61 Å².